The summed E-state index contributed by atoms with van der Waals surface area (Å²) >= 11 is 0. The van der Waals surface area contributed by atoms with Gasteiger partial charge in [0.15, 0.2) is 5.69 Å². The zero-order chi connectivity index (χ0) is 14.4. The number of esters is 1. The van der Waals surface area contributed by atoms with E-state index < -0.39 is 17.9 Å². The van der Waals surface area contributed by atoms with Crippen LogP contribution < -0.4 is 4.90 Å². The highest BCUT2D eigenvalue weighted by atomic mass is 16.5. The van der Waals surface area contributed by atoms with Gasteiger partial charge in [0, 0.05) is 13.1 Å². The Kier molecular flexibility index (Phi) is 5.35. The molecule has 0 saturated carbocycles. The third-order valence-electron chi connectivity index (χ3n) is 2.54. The molecule has 106 valence electrons. The number of ether oxygens (including phenoxy) is 1. The van der Waals surface area contributed by atoms with E-state index in [1.165, 1.54) is 6.26 Å². The van der Waals surface area contributed by atoms with Gasteiger partial charge in [0.1, 0.15) is 6.26 Å². The maximum absolute atomic E-state index is 11.4. The highest BCUT2D eigenvalue weighted by molar-refractivity contribution is 5.87. The van der Waals surface area contributed by atoms with Gasteiger partial charge in [0.05, 0.1) is 12.5 Å². The number of anilines is 1. The molecule has 0 fully saturated rings. The minimum Gasteiger partial charge on any atom is -0.481 e. The molecule has 0 aliphatic heterocycles. The van der Waals surface area contributed by atoms with E-state index in [-0.39, 0.29) is 24.9 Å². The van der Waals surface area contributed by atoms with E-state index >= 15 is 0 Å². The van der Waals surface area contributed by atoms with Gasteiger partial charge < -0.3 is 19.2 Å². The normalized spacial score (nSPS) is 11.9. The number of carboxylic acids is 1. The molecule has 1 aromatic rings. The van der Waals surface area contributed by atoms with Crippen LogP contribution in [-0.2, 0) is 9.53 Å². The van der Waals surface area contributed by atoms with Crippen LogP contribution in [0.1, 0.15) is 31.3 Å². The van der Waals surface area contributed by atoms with Gasteiger partial charge in [0.25, 0.3) is 6.01 Å². The van der Waals surface area contributed by atoms with Gasteiger partial charge in [-0.2, -0.15) is 4.98 Å². The van der Waals surface area contributed by atoms with Gasteiger partial charge in [0.2, 0.25) is 0 Å². The summed E-state index contributed by atoms with van der Waals surface area (Å²) < 4.78 is 9.99. The van der Waals surface area contributed by atoms with Gasteiger partial charge >= 0.3 is 11.9 Å². The van der Waals surface area contributed by atoms with E-state index in [1.807, 2.05) is 6.92 Å². The lowest BCUT2D eigenvalue weighted by Crippen LogP contribution is -2.32. The summed E-state index contributed by atoms with van der Waals surface area (Å²) in [5.74, 6) is -2.01. The largest absolute Gasteiger partial charge is 0.481 e. The zero-order valence-electron chi connectivity index (χ0n) is 11.3. The fraction of sp³-hybridized carbons (Fsp3) is 0.583. The van der Waals surface area contributed by atoms with Crippen molar-refractivity contribution in [3.63, 3.8) is 0 Å². The summed E-state index contributed by atoms with van der Waals surface area (Å²) in [6.07, 6.45) is 1.21. The van der Waals surface area contributed by atoms with Crippen molar-refractivity contribution in [3.05, 3.63) is 12.0 Å². The molecule has 1 heterocycles. The number of hydrogen-bond acceptors (Lipinski definition) is 6. The van der Waals surface area contributed by atoms with Crippen LogP contribution in [0.5, 0.6) is 0 Å². The van der Waals surface area contributed by atoms with Crippen molar-refractivity contribution >= 4 is 18.0 Å². The van der Waals surface area contributed by atoms with Crippen LogP contribution in [0.4, 0.5) is 6.01 Å². The first-order valence-electron chi connectivity index (χ1n) is 6.09. The Morgan fingerprint density at radius 3 is 2.74 bits per heavy atom. The number of aromatic nitrogens is 1. The molecule has 0 spiro atoms. The number of hydrogen-bond donors (Lipinski definition) is 1. The maximum Gasteiger partial charge on any atom is 0.360 e. The van der Waals surface area contributed by atoms with Crippen molar-refractivity contribution in [1.29, 1.82) is 0 Å². The highest BCUT2D eigenvalue weighted by Crippen LogP contribution is 2.16. The smallest absolute Gasteiger partial charge is 0.360 e. The SMILES string of the molecule is CCOC(=O)c1coc(N(CC)CC(C)C(=O)O)n1. The Balaban J connectivity index is 2.77. The van der Waals surface area contributed by atoms with Gasteiger partial charge in [-0.15, -0.1) is 0 Å². The Hall–Kier alpha value is -2.05. The monoisotopic (exact) mass is 270 g/mol. The zero-order valence-corrected chi connectivity index (χ0v) is 11.3. The molecule has 0 amide bonds. The summed E-state index contributed by atoms with van der Waals surface area (Å²) in [5.41, 5.74) is 0.0817. The number of carbonyl (C=O) groups is 2. The minimum atomic E-state index is -0.893. The molecule has 1 aromatic heterocycles. The standard InChI is InChI=1S/C12H18N2O5/c1-4-14(6-8(3)10(15)16)12-13-9(7-19-12)11(17)18-5-2/h7-8H,4-6H2,1-3H3,(H,15,16). The van der Waals surface area contributed by atoms with Crippen LogP contribution in [0.25, 0.3) is 0 Å². The Morgan fingerprint density at radius 1 is 1.53 bits per heavy atom. The molecule has 0 aromatic carbocycles. The molecule has 0 saturated heterocycles. The Morgan fingerprint density at radius 2 is 2.21 bits per heavy atom. The van der Waals surface area contributed by atoms with Gasteiger partial charge in [-0.3, -0.25) is 4.79 Å². The number of carbonyl (C=O) groups excluding carboxylic acids is 1. The van der Waals surface area contributed by atoms with Crippen molar-refractivity contribution in [1.82, 2.24) is 4.98 Å². The molecule has 0 aliphatic carbocycles. The molecular weight excluding hydrogens is 252 g/mol. The van der Waals surface area contributed by atoms with E-state index in [2.05, 4.69) is 4.98 Å². The second-order valence-electron chi connectivity index (χ2n) is 4.01. The molecule has 1 atom stereocenters. The van der Waals surface area contributed by atoms with E-state index in [9.17, 15) is 9.59 Å². The summed E-state index contributed by atoms with van der Waals surface area (Å²) in [6, 6.07) is 0.221. The molecule has 1 unspecified atom stereocenters. The van der Waals surface area contributed by atoms with Crippen molar-refractivity contribution in [3.8, 4) is 0 Å². The van der Waals surface area contributed by atoms with Crippen LogP contribution >= 0.6 is 0 Å². The molecular formula is C12H18N2O5. The lowest BCUT2D eigenvalue weighted by Gasteiger charge is -2.20. The first-order chi connectivity index (χ1) is 8.99. The predicted molar refractivity (Wildman–Crippen MR) is 67.1 cm³/mol. The fourth-order valence-electron chi connectivity index (χ4n) is 1.46. The molecule has 1 N–H and O–H groups in total. The molecule has 0 radical (unpaired) electrons. The van der Waals surface area contributed by atoms with E-state index in [0.717, 1.165) is 0 Å². The summed E-state index contributed by atoms with van der Waals surface area (Å²) in [7, 11) is 0. The number of carboxylic acid groups (broad SMARTS) is 1. The molecule has 0 aliphatic rings. The molecule has 19 heavy (non-hydrogen) atoms. The minimum absolute atomic E-state index is 0.0817. The number of nitrogens with zero attached hydrogens (tertiary/aromatic N) is 2. The van der Waals surface area contributed by atoms with Crippen LogP contribution in [0.3, 0.4) is 0 Å². The molecule has 7 heteroatoms. The van der Waals surface area contributed by atoms with E-state index in [1.54, 1.807) is 18.7 Å². The first kappa shape index (κ1) is 15.0. The second kappa shape index (κ2) is 6.77. The quantitative estimate of drug-likeness (QED) is 0.748. The summed E-state index contributed by atoms with van der Waals surface area (Å²) in [6.45, 7) is 6.19. The average molecular weight is 270 g/mol. The van der Waals surface area contributed by atoms with Crippen molar-refractivity contribution in [2.75, 3.05) is 24.6 Å². The van der Waals surface area contributed by atoms with Gasteiger partial charge in [-0.25, -0.2) is 4.79 Å². The molecule has 0 bridgehead atoms. The second-order valence-corrected chi connectivity index (χ2v) is 4.01. The lowest BCUT2D eigenvalue weighted by molar-refractivity contribution is -0.140. The summed E-state index contributed by atoms with van der Waals surface area (Å²) in [5, 5.41) is 8.88. The van der Waals surface area contributed by atoms with Crippen molar-refractivity contribution in [2.45, 2.75) is 20.8 Å². The highest BCUT2D eigenvalue weighted by Gasteiger charge is 2.21. The lowest BCUT2D eigenvalue weighted by atomic mass is 10.2. The number of aliphatic carboxylic acids is 1. The Bertz CT molecular complexity index is 443. The van der Waals surface area contributed by atoms with E-state index in [0.29, 0.717) is 6.54 Å². The van der Waals surface area contributed by atoms with E-state index in [4.69, 9.17) is 14.3 Å². The Labute approximate surface area is 111 Å². The topological polar surface area (TPSA) is 92.9 Å². The molecule has 7 nitrogen and oxygen atoms in total. The third-order valence-corrected chi connectivity index (χ3v) is 2.54. The van der Waals surface area contributed by atoms with Gasteiger partial charge in [-0.1, -0.05) is 6.92 Å². The third kappa shape index (κ3) is 3.97. The molecule has 1 rings (SSSR count). The van der Waals surface area contributed by atoms with Crippen molar-refractivity contribution < 1.29 is 23.8 Å². The predicted octanol–water partition coefficient (Wildman–Crippen LogP) is 1.40. The van der Waals surface area contributed by atoms with Crippen molar-refractivity contribution in [2.24, 2.45) is 5.92 Å². The van der Waals surface area contributed by atoms with Crippen LogP contribution in [0, 0.1) is 5.92 Å². The summed E-state index contributed by atoms with van der Waals surface area (Å²) in [4.78, 5) is 27.9. The van der Waals surface area contributed by atoms with Crippen LogP contribution in [-0.4, -0.2) is 41.7 Å². The first-order valence-corrected chi connectivity index (χ1v) is 6.09. The van der Waals surface area contributed by atoms with Crippen LogP contribution in [0.2, 0.25) is 0 Å². The number of oxazole rings is 1. The fourth-order valence-corrected chi connectivity index (χ4v) is 1.46. The number of rotatable bonds is 7. The maximum atomic E-state index is 11.4. The van der Waals surface area contributed by atoms with Crippen LogP contribution in [0.15, 0.2) is 10.7 Å². The average Bonchev–Trinajstić information content (AvgIpc) is 2.85. The van der Waals surface area contributed by atoms with Gasteiger partial charge in [-0.05, 0) is 13.8 Å².